The standard InChI is InChI=1S/C34H37FN2O8S/c1-36-33(38)31-29-20-28(23-7-8-23)26(19-30(29)45-32(31)24-9-11-27(35)12-10-24)21-46(41,42)37-13-15-44-17-16-43-14-3-5-22-4-2-6-25(18-22)34(39)40/h2,4,6,9-12,18-20,23,37H,3,5,7-8,13-17,21H2,1H3,(H,36,38)(H,39,40). The molecule has 46 heavy (non-hydrogen) atoms. The SMILES string of the molecule is CNC(=O)c1c(-c2ccc(F)cc2)oc2cc(CS(=O)(=O)NCCOCCOCCCc3cccc(C(=O)O)c3)c(C3CC3)cc12. The third kappa shape index (κ3) is 8.58. The average molecular weight is 653 g/mol. The summed E-state index contributed by atoms with van der Waals surface area (Å²) in [6.07, 6.45) is 3.29. The van der Waals surface area contributed by atoms with E-state index >= 15 is 0 Å². The van der Waals surface area contributed by atoms with Crippen LogP contribution >= 0.6 is 0 Å². The number of sulfonamides is 1. The molecule has 3 N–H and O–H groups in total. The Kier molecular flexibility index (Phi) is 10.8. The van der Waals surface area contributed by atoms with E-state index < -0.39 is 21.8 Å². The van der Waals surface area contributed by atoms with Crippen LogP contribution in [-0.2, 0) is 31.7 Å². The Hall–Kier alpha value is -4.10. The van der Waals surface area contributed by atoms with Crippen molar-refractivity contribution in [3.05, 3.63) is 94.3 Å². The molecule has 244 valence electrons. The second-order valence-electron chi connectivity index (χ2n) is 11.2. The van der Waals surface area contributed by atoms with Gasteiger partial charge in [-0.1, -0.05) is 12.1 Å². The third-order valence-electron chi connectivity index (χ3n) is 7.74. The Morgan fingerprint density at radius 2 is 1.74 bits per heavy atom. The highest BCUT2D eigenvalue weighted by Gasteiger charge is 2.31. The monoisotopic (exact) mass is 652 g/mol. The van der Waals surface area contributed by atoms with Gasteiger partial charge in [-0.15, -0.1) is 0 Å². The number of fused-ring (bicyclic) bond motifs is 1. The van der Waals surface area contributed by atoms with E-state index in [1.54, 1.807) is 24.3 Å². The second kappa shape index (κ2) is 15.0. The summed E-state index contributed by atoms with van der Waals surface area (Å²) in [4.78, 5) is 24.0. The fraction of sp³-hybridized carbons (Fsp3) is 0.353. The molecule has 1 amide bonds. The van der Waals surface area contributed by atoms with E-state index in [0.717, 1.165) is 30.4 Å². The van der Waals surface area contributed by atoms with Gasteiger partial charge in [0.15, 0.2) is 0 Å². The predicted molar refractivity (Wildman–Crippen MR) is 171 cm³/mol. The van der Waals surface area contributed by atoms with Crippen molar-refractivity contribution in [2.45, 2.75) is 37.4 Å². The number of furan rings is 1. The van der Waals surface area contributed by atoms with Gasteiger partial charge in [-0.05, 0) is 96.8 Å². The summed E-state index contributed by atoms with van der Waals surface area (Å²) >= 11 is 0. The Morgan fingerprint density at radius 1 is 1.00 bits per heavy atom. The molecule has 1 saturated carbocycles. The summed E-state index contributed by atoms with van der Waals surface area (Å²) in [7, 11) is -2.19. The summed E-state index contributed by atoms with van der Waals surface area (Å²) in [6, 6.07) is 16.0. The van der Waals surface area contributed by atoms with Crippen molar-refractivity contribution in [2.24, 2.45) is 0 Å². The smallest absolute Gasteiger partial charge is 0.335 e. The number of aromatic carboxylic acids is 1. The lowest BCUT2D eigenvalue weighted by Gasteiger charge is -2.12. The van der Waals surface area contributed by atoms with Crippen molar-refractivity contribution >= 4 is 32.9 Å². The number of nitrogens with one attached hydrogen (secondary N) is 2. The van der Waals surface area contributed by atoms with E-state index in [1.807, 2.05) is 12.1 Å². The molecule has 3 aromatic carbocycles. The molecule has 1 heterocycles. The summed E-state index contributed by atoms with van der Waals surface area (Å²) in [6.45, 7) is 1.43. The molecule has 0 aliphatic heterocycles. The molecule has 1 aliphatic carbocycles. The van der Waals surface area contributed by atoms with Gasteiger partial charge in [-0.2, -0.15) is 0 Å². The van der Waals surface area contributed by atoms with Crippen molar-refractivity contribution in [2.75, 3.05) is 40.0 Å². The van der Waals surface area contributed by atoms with Gasteiger partial charge in [0.25, 0.3) is 5.91 Å². The van der Waals surface area contributed by atoms with Crippen molar-refractivity contribution in [3.8, 4) is 11.3 Å². The zero-order chi connectivity index (χ0) is 32.7. The highest BCUT2D eigenvalue weighted by Crippen LogP contribution is 2.45. The van der Waals surface area contributed by atoms with Crippen LogP contribution in [0.4, 0.5) is 4.39 Å². The van der Waals surface area contributed by atoms with Crippen LogP contribution in [0.25, 0.3) is 22.3 Å². The molecule has 4 aromatic rings. The van der Waals surface area contributed by atoms with Crippen molar-refractivity contribution < 1.29 is 41.4 Å². The number of hydrogen-bond donors (Lipinski definition) is 3. The lowest BCUT2D eigenvalue weighted by Crippen LogP contribution is -2.29. The van der Waals surface area contributed by atoms with E-state index in [4.69, 9.17) is 19.0 Å². The fourth-order valence-corrected chi connectivity index (χ4v) is 6.50. The molecule has 1 aromatic heterocycles. The number of carbonyl (C=O) groups excluding carboxylic acids is 1. The van der Waals surface area contributed by atoms with Gasteiger partial charge in [0.2, 0.25) is 10.0 Å². The normalized spacial score (nSPS) is 13.3. The minimum atomic E-state index is -3.71. The van der Waals surface area contributed by atoms with Gasteiger partial charge >= 0.3 is 5.97 Å². The van der Waals surface area contributed by atoms with Gasteiger partial charge in [-0.3, -0.25) is 4.79 Å². The fourth-order valence-electron chi connectivity index (χ4n) is 5.34. The van der Waals surface area contributed by atoms with E-state index in [9.17, 15) is 22.4 Å². The lowest BCUT2D eigenvalue weighted by atomic mass is 9.98. The number of benzene rings is 3. The summed E-state index contributed by atoms with van der Waals surface area (Å²) in [5.74, 6) is -1.47. The van der Waals surface area contributed by atoms with Crippen molar-refractivity contribution in [3.63, 3.8) is 0 Å². The van der Waals surface area contributed by atoms with E-state index in [-0.39, 0.29) is 36.3 Å². The number of carbonyl (C=O) groups is 2. The molecule has 0 bridgehead atoms. The van der Waals surface area contributed by atoms with Gasteiger partial charge in [0.1, 0.15) is 17.2 Å². The first-order chi connectivity index (χ1) is 22.1. The maximum absolute atomic E-state index is 13.6. The highest BCUT2D eigenvalue weighted by molar-refractivity contribution is 7.88. The minimum absolute atomic E-state index is 0.0968. The molecule has 12 heteroatoms. The number of halogens is 1. The number of rotatable bonds is 17. The molecular formula is C34H37FN2O8S. The van der Waals surface area contributed by atoms with Crippen LogP contribution in [0.1, 0.15) is 62.6 Å². The third-order valence-corrected chi connectivity index (χ3v) is 9.08. The first-order valence-corrected chi connectivity index (χ1v) is 16.8. The number of amides is 1. The topological polar surface area (TPSA) is 144 Å². The molecular weight excluding hydrogens is 615 g/mol. The van der Waals surface area contributed by atoms with Crippen LogP contribution in [0.3, 0.4) is 0 Å². The van der Waals surface area contributed by atoms with Crippen molar-refractivity contribution in [1.29, 1.82) is 0 Å². The summed E-state index contributed by atoms with van der Waals surface area (Å²) in [5.41, 5.74) is 3.91. The van der Waals surface area contributed by atoms with Gasteiger partial charge < -0.3 is 24.3 Å². The van der Waals surface area contributed by atoms with Crippen molar-refractivity contribution in [1.82, 2.24) is 10.0 Å². The first-order valence-electron chi connectivity index (χ1n) is 15.2. The summed E-state index contributed by atoms with van der Waals surface area (Å²) in [5, 5.41) is 12.3. The van der Waals surface area contributed by atoms with Crippen LogP contribution in [0, 0.1) is 5.82 Å². The lowest BCUT2D eigenvalue weighted by molar-refractivity contribution is 0.0491. The minimum Gasteiger partial charge on any atom is -0.478 e. The Labute approximate surface area is 266 Å². The number of aryl methyl sites for hydroxylation is 1. The van der Waals surface area contributed by atoms with E-state index in [2.05, 4.69) is 10.0 Å². The maximum atomic E-state index is 13.6. The number of carboxylic acid groups (broad SMARTS) is 1. The number of ether oxygens (including phenoxy) is 2. The van der Waals surface area contributed by atoms with E-state index in [0.29, 0.717) is 59.7 Å². The second-order valence-corrected chi connectivity index (χ2v) is 13.0. The van der Waals surface area contributed by atoms with Crippen LogP contribution in [-0.4, -0.2) is 65.4 Å². The number of carboxylic acids is 1. The zero-order valence-corrected chi connectivity index (χ0v) is 26.3. The Balaban J connectivity index is 1.13. The van der Waals surface area contributed by atoms with Crippen LogP contribution in [0.2, 0.25) is 0 Å². The summed E-state index contributed by atoms with van der Waals surface area (Å²) < 4.78 is 59.4. The molecule has 0 unspecified atom stereocenters. The molecule has 5 rings (SSSR count). The van der Waals surface area contributed by atoms with Crippen LogP contribution in [0.5, 0.6) is 0 Å². The highest BCUT2D eigenvalue weighted by atomic mass is 32.2. The molecule has 0 spiro atoms. The average Bonchev–Trinajstić information content (AvgIpc) is 3.82. The largest absolute Gasteiger partial charge is 0.478 e. The van der Waals surface area contributed by atoms with Gasteiger partial charge in [0, 0.05) is 31.1 Å². The van der Waals surface area contributed by atoms with Gasteiger partial charge in [-0.25, -0.2) is 22.3 Å². The zero-order valence-electron chi connectivity index (χ0n) is 25.5. The molecule has 0 saturated heterocycles. The Bertz CT molecular complexity index is 1800. The molecule has 1 aliphatic rings. The first kappa shape index (κ1) is 33.3. The maximum Gasteiger partial charge on any atom is 0.335 e. The Morgan fingerprint density at radius 3 is 2.43 bits per heavy atom. The van der Waals surface area contributed by atoms with Crippen LogP contribution < -0.4 is 10.0 Å². The molecule has 0 atom stereocenters. The van der Waals surface area contributed by atoms with Gasteiger partial charge in [0.05, 0.1) is 36.7 Å². The number of hydrogen-bond acceptors (Lipinski definition) is 7. The van der Waals surface area contributed by atoms with Crippen LogP contribution in [0.15, 0.2) is 65.1 Å². The quantitative estimate of drug-likeness (QED) is 0.131. The van der Waals surface area contributed by atoms with E-state index in [1.165, 1.54) is 31.3 Å². The molecule has 10 nitrogen and oxygen atoms in total. The predicted octanol–water partition coefficient (Wildman–Crippen LogP) is 5.26. The molecule has 1 fully saturated rings. The molecule has 0 radical (unpaired) electrons.